The van der Waals surface area contributed by atoms with Crippen molar-refractivity contribution in [1.82, 2.24) is 0 Å². The Morgan fingerprint density at radius 2 is 2.17 bits per heavy atom. The van der Waals surface area contributed by atoms with Gasteiger partial charge in [0.15, 0.2) is 5.78 Å². The fourth-order valence-corrected chi connectivity index (χ4v) is 1.05. The lowest BCUT2D eigenvalue weighted by Crippen LogP contribution is -1.99. The topological polar surface area (TPSA) is 49.3 Å². The molecule has 0 heterocycles. The van der Waals surface area contributed by atoms with E-state index in [0.717, 1.165) is 0 Å². The molecule has 0 aliphatic carbocycles. The van der Waals surface area contributed by atoms with Gasteiger partial charge in [0.25, 0.3) is 0 Å². The van der Waals surface area contributed by atoms with E-state index in [9.17, 15) is 4.79 Å². The monoisotopic (exact) mass is 165 g/mol. The highest BCUT2D eigenvalue weighted by atomic mass is 16.3. The first-order valence-electron chi connectivity index (χ1n) is 3.67. The van der Waals surface area contributed by atoms with Gasteiger partial charge in [-0.1, -0.05) is 0 Å². The minimum atomic E-state index is -0.0145. The summed E-state index contributed by atoms with van der Waals surface area (Å²) in [6.07, 6.45) is 0. The van der Waals surface area contributed by atoms with Crippen LogP contribution in [0.15, 0.2) is 18.2 Å². The van der Waals surface area contributed by atoms with E-state index in [4.69, 9.17) is 5.11 Å². The van der Waals surface area contributed by atoms with E-state index in [-0.39, 0.29) is 11.5 Å². The molecule has 0 aliphatic rings. The highest BCUT2D eigenvalue weighted by Gasteiger charge is 2.05. The molecule has 2 N–H and O–H groups in total. The van der Waals surface area contributed by atoms with E-state index < -0.39 is 0 Å². The normalized spacial score (nSPS) is 9.50. The lowest BCUT2D eigenvalue weighted by molar-refractivity contribution is 0.101. The van der Waals surface area contributed by atoms with E-state index >= 15 is 0 Å². The molecular weight excluding hydrogens is 154 g/mol. The zero-order valence-electron chi connectivity index (χ0n) is 7.09. The summed E-state index contributed by atoms with van der Waals surface area (Å²) in [5.74, 6) is 0.142. The number of carbonyl (C=O) groups excluding carboxylic acids is 1. The SMILES string of the molecule is CNc1cc(O)ccc1C(C)=O. The molecule has 3 heteroatoms. The van der Waals surface area contributed by atoms with Crippen LogP contribution in [0.5, 0.6) is 5.75 Å². The third-order valence-corrected chi connectivity index (χ3v) is 1.65. The average molecular weight is 165 g/mol. The fraction of sp³-hybridized carbons (Fsp3) is 0.222. The number of carbonyl (C=O) groups is 1. The molecule has 0 amide bonds. The number of Topliss-reactive ketones (excluding diaryl/α,β-unsaturated/α-hetero) is 1. The molecule has 12 heavy (non-hydrogen) atoms. The summed E-state index contributed by atoms with van der Waals surface area (Å²) in [5, 5.41) is 11.9. The first-order chi connectivity index (χ1) is 5.65. The summed E-state index contributed by atoms with van der Waals surface area (Å²) in [4.78, 5) is 11.0. The number of anilines is 1. The van der Waals surface area contributed by atoms with Crippen molar-refractivity contribution in [1.29, 1.82) is 0 Å². The van der Waals surface area contributed by atoms with Gasteiger partial charge in [-0.2, -0.15) is 0 Å². The van der Waals surface area contributed by atoms with Crippen LogP contribution < -0.4 is 5.32 Å². The van der Waals surface area contributed by atoms with Gasteiger partial charge in [0, 0.05) is 24.4 Å². The third-order valence-electron chi connectivity index (χ3n) is 1.65. The molecule has 0 aromatic heterocycles. The first-order valence-corrected chi connectivity index (χ1v) is 3.67. The molecule has 3 nitrogen and oxygen atoms in total. The van der Waals surface area contributed by atoms with Crippen molar-refractivity contribution in [3.63, 3.8) is 0 Å². The Bertz CT molecular complexity index is 307. The molecule has 0 unspecified atom stereocenters. The fourth-order valence-electron chi connectivity index (χ4n) is 1.05. The van der Waals surface area contributed by atoms with Crippen LogP contribution in [0, 0.1) is 0 Å². The van der Waals surface area contributed by atoms with Crippen molar-refractivity contribution >= 4 is 11.5 Å². The van der Waals surface area contributed by atoms with Gasteiger partial charge in [-0.3, -0.25) is 4.79 Å². The van der Waals surface area contributed by atoms with Gasteiger partial charge in [-0.05, 0) is 19.1 Å². The Morgan fingerprint density at radius 3 is 2.67 bits per heavy atom. The molecule has 1 rings (SSSR count). The van der Waals surface area contributed by atoms with E-state index in [0.29, 0.717) is 11.3 Å². The zero-order valence-corrected chi connectivity index (χ0v) is 7.09. The van der Waals surface area contributed by atoms with Crippen LogP contribution in [0.2, 0.25) is 0 Å². The number of phenolic OH excluding ortho intramolecular Hbond substituents is 1. The van der Waals surface area contributed by atoms with Crippen molar-refractivity contribution in [3.05, 3.63) is 23.8 Å². The molecule has 1 aromatic carbocycles. The number of benzene rings is 1. The van der Waals surface area contributed by atoms with Crippen molar-refractivity contribution < 1.29 is 9.90 Å². The van der Waals surface area contributed by atoms with Crippen LogP contribution in [-0.2, 0) is 0 Å². The molecule has 1 aromatic rings. The van der Waals surface area contributed by atoms with Crippen LogP contribution in [0.1, 0.15) is 17.3 Å². The Kier molecular flexibility index (Phi) is 2.33. The molecule has 0 fully saturated rings. The number of nitrogens with one attached hydrogen (secondary N) is 1. The number of ketones is 1. The van der Waals surface area contributed by atoms with Crippen LogP contribution in [0.3, 0.4) is 0 Å². The van der Waals surface area contributed by atoms with E-state index in [1.54, 1.807) is 13.1 Å². The minimum absolute atomic E-state index is 0.0145. The average Bonchev–Trinajstić information content (AvgIpc) is 2.03. The predicted molar refractivity (Wildman–Crippen MR) is 47.7 cm³/mol. The largest absolute Gasteiger partial charge is 0.508 e. The van der Waals surface area contributed by atoms with Crippen molar-refractivity contribution in [2.45, 2.75) is 6.92 Å². The van der Waals surface area contributed by atoms with Gasteiger partial charge in [-0.25, -0.2) is 0 Å². The highest BCUT2D eigenvalue weighted by molar-refractivity contribution is 5.99. The van der Waals surface area contributed by atoms with Crippen LogP contribution in [0.25, 0.3) is 0 Å². The first kappa shape index (κ1) is 8.59. The summed E-state index contributed by atoms with van der Waals surface area (Å²) in [6, 6.07) is 4.62. The van der Waals surface area contributed by atoms with Crippen molar-refractivity contribution in [2.24, 2.45) is 0 Å². The maximum absolute atomic E-state index is 11.0. The quantitative estimate of drug-likeness (QED) is 0.655. The number of hydrogen-bond acceptors (Lipinski definition) is 3. The van der Waals surface area contributed by atoms with E-state index in [2.05, 4.69) is 5.32 Å². The molecule has 0 spiro atoms. The smallest absolute Gasteiger partial charge is 0.161 e. The summed E-state index contributed by atoms with van der Waals surface area (Å²) in [5.41, 5.74) is 1.25. The molecule has 0 aliphatic heterocycles. The summed E-state index contributed by atoms with van der Waals surface area (Å²) in [7, 11) is 1.71. The number of hydrogen-bond donors (Lipinski definition) is 2. The Balaban J connectivity index is 3.20. The van der Waals surface area contributed by atoms with Crippen LogP contribution in [-0.4, -0.2) is 17.9 Å². The number of rotatable bonds is 2. The molecule has 0 saturated carbocycles. The number of phenols is 1. The zero-order chi connectivity index (χ0) is 9.14. The maximum atomic E-state index is 11.0. The van der Waals surface area contributed by atoms with Crippen molar-refractivity contribution in [2.75, 3.05) is 12.4 Å². The minimum Gasteiger partial charge on any atom is -0.508 e. The summed E-state index contributed by atoms with van der Waals surface area (Å²) < 4.78 is 0. The van der Waals surface area contributed by atoms with E-state index in [1.165, 1.54) is 19.1 Å². The molecule has 0 atom stereocenters. The van der Waals surface area contributed by atoms with Gasteiger partial charge < -0.3 is 10.4 Å². The Hall–Kier alpha value is -1.51. The molecular formula is C9H11NO2. The van der Waals surface area contributed by atoms with Crippen molar-refractivity contribution in [3.8, 4) is 5.75 Å². The molecule has 0 radical (unpaired) electrons. The van der Waals surface area contributed by atoms with Gasteiger partial charge in [0.1, 0.15) is 5.75 Å². The summed E-state index contributed by atoms with van der Waals surface area (Å²) >= 11 is 0. The van der Waals surface area contributed by atoms with Gasteiger partial charge in [0.2, 0.25) is 0 Å². The third kappa shape index (κ3) is 1.56. The second kappa shape index (κ2) is 3.26. The standard InChI is InChI=1S/C9H11NO2/c1-6(11)8-4-3-7(12)5-9(8)10-2/h3-5,10,12H,1-2H3. The van der Waals surface area contributed by atoms with Gasteiger partial charge in [-0.15, -0.1) is 0 Å². The van der Waals surface area contributed by atoms with Crippen LogP contribution >= 0.6 is 0 Å². The van der Waals surface area contributed by atoms with Gasteiger partial charge >= 0.3 is 0 Å². The Morgan fingerprint density at radius 1 is 1.50 bits per heavy atom. The molecule has 0 bridgehead atoms. The number of aromatic hydroxyl groups is 1. The lowest BCUT2D eigenvalue weighted by atomic mass is 10.1. The van der Waals surface area contributed by atoms with E-state index in [1.807, 2.05) is 0 Å². The second-order valence-corrected chi connectivity index (χ2v) is 2.54. The summed E-state index contributed by atoms with van der Waals surface area (Å²) in [6.45, 7) is 1.49. The van der Waals surface area contributed by atoms with Gasteiger partial charge in [0.05, 0.1) is 0 Å². The highest BCUT2D eigenvalue weighted by Crippen LogP contribution is 2.21. The second-order valence-electron chi connectivity index (χ2n) is 2.54. The lowest BCUT2D eigenvalue weighted by Gasteiger charge is -2.05. The van der Waals surface area contributed by atoms with Crippen LogP contribution in [0.4, 0.5) is 5.69 Å². The molecule has 64 valence electrons. The maximum Gasteiger partial charge on any atom is 0.161 e. The molecule has 0 saturated heterocycles. The Labute approximate surface area is 71.0 Å². The predicted octanol–water partition coefficient (Wildman–Crippen LogP) is 1.64.